The number of carbonyl (C=O) groups is 3. The number of carboxylic acid groups (broad SMARTS) is 1. The van der Waals surface area contributed by atoms with Crippen molar-refractivity contribution < 1.29 is 19.5 Å². The molecule has 1 aliphatic rings. The smallest absolute Gasteiger partial charge is 0.312 e. The van der Waals surface area contributed by atoms with Gasteiger partial charge in [0.2, 0.25) is 5.91 Å². The van der Waals surface area contributed by atoms with Crippen LogP contribution in [0.1, 0.15) is 20.3 Å². The van der Waals surface area contributed by atoms with E-state index < -0.39 is 24.0 Å². The second-order valence-corrected chi connectivity index (χ2v) is 4.65. The summed E-state index contributed by atoms with van der Waals surface area (Å²) in [6, 6.07) is -1.42. The third kappa shape index (κ3) is 3.12. The van der Waals surface area contributed by atoms with Crippen molar-refractivity contribution in [2.45, 2.75) is 26.3 Å². The zero-order valence-electron chi connectivity index (χ0n) is 10.5. The van der Waals surface area contributed by atoms with Gasteiger partial charge in [-0.1, -0.05) is 20.3 Å². The second kappa shape index (κ2) is 5.70. The van der Waals surface area contributed by atoms with Crippen LogP contribution in [0.15, 0.2) is 0 Å². The lowest BCUT2D eigenvalue weighted by Gasteiger charge is -2.39. The first-order valence-corrected chi connectivity index (χ1v) is 5.94. The average molecular weight is 257 g/mol. The Morgan fingerprint density at radius 2 is 2.00 bits per heavy atom. The predicted octanol–water partition coefficient (Wildman–Crippen LogP) is -0.388. The number of nitrogens with one attached hydrogen (secondary N) is 1. The van der Waals surface area contributed by atoms with Crippen molar-refractivity contribution in [3.8, 4) is 0 Å². The summed E-state index contributed by atoms with van der Waals surface area (Å²) in [4.78, 5) is 35.1. The molecule has 18 heavy (non-hydrogen) atoms. The lowest BCUT2D eigenvalue weighted by atomic mass is 9.94. The third-order valence-electron chi connectivity index (χ3n) is 3.32. The lowest BCUT2D eigenvalue weighted by Crippen LogP contribution is -2.60. The van der Waals surface area contributed by atoms with Gasteiger partial charge in [0.1, 0.15) is 6.04 Å². The van der Waals surface area contributed by atoms with Gasteiger partial charge in [-0.3, -0.25) is 9.59 Å². The number of likely N-dealkylation sites (tertiary alicyclic amines) is 1. The molecule has 0 aromatic heterocycles. The van der Waals surface area contributed by atoms with Crippen LogP contribution in [0.5, 0.6) is 0 Å². The van der Waals surface area contributed by atoms with Gasteiger partial charge < -0.3 is 21.1 Å². The van der Waals surface area contributed by atoms with Crippen molar-refractivity contribution in [3.63, 3.8) is 0 Å². The maximum Gasteiger partial charge on any atom is 0.312 e. The number of hydrogen-bond acceptors (Lipinski definition) is 3. The number of aliphatic carboxylic acids is 1. The molecule has 1 fully saturated rings. The summed E-state index contributed by atoms with van der Waals surface area (Å²) < 4.78 is 0. The van der Waals surface area contributed by atoms with Gasteiger partial charge in [-0.05, 0) is 5.92 Å². The quantitative estimate of drug-likeness (QED) is 0.622. The Bertz CT molecular complexity index is 352. The molecule has 0 aromatic carbocycles. The van der Waals surface area contributed by atoms with Gasteiger partial charge in [-0.25, -0.2) is 4.79 Å². The van der Waals surface area contributed by atoms with Crippen LogP contribution in [0.3, 0.4) is 0 Å². The molecule has 0 saturated carbocycles. The third-order valence-corrected chi connectivity index (χ3v) is 3.32. The minimum Gasteiger partial charge on any atom is -0.481 e. The summed E-state index contributed by atoms with van der Waals surface area (Å²) in [5.41, 5.74) is 5.04. The van der Waals surface area contributed by atoms with E-state index in [-0.39, 0.29) is 24.9 Å². The number of carboxylic acids is 1. The lowest BCUT2D eigenvalue weighted by molar-refractivity contribution is -0.154. The summed E-state index contributed by atoms with van der Waals surface area (Å²) in [7, 11) is 0. The maximum absolute atomic E-state index is 12.1. The van der Waals surface area contributed by atoms with Gasteiger partial charge >= 0.3 is 12.0 Å². The SMILES string of the molecule is CCC(C)C(NC(N)=O)C(=O)N1CC(C(=O)O)C1. The molecule has 3 amide bonds. The molecule has 0 aliphatic carbocycles. The van der Waals surface area contributed by atoms with Crippen LogP contribution in [0.2, 0.25) is 0 Å². The van der Waals surface area contributed by atoms with E-state index in [1.807, 2.05) is 13.8 Å². The highest BCUT2D eigenvalue weighted by Gasteiger charge is 2.39. The van der Waals surface area contributed by atoms with E-state index in [2.05, 4.69) is 5.32 Å². The van der Waals surface area contributed by atoms with Gasteiger partial charge in [0.25, 0.3) is 0 Å². The van der Waals surface area contributed by atoms with Gasteiger partial charge in [0.05, 0.1) is 5.92 Å². The monoisotopic (exact) mass is 257 g/mol. The molecule has 102 valence electrons. The molecule has 2 unspecified atom stereocenters. The standard InChI is InChI=1S/C11H19N3O4/c1-3-6(2)8(13-11(12)18)9(15)14-4-7(5-14)10(16)17/h6-8H,3-5H2,1-2H3,(H,16,17)(H3,12,13,18). The molecule has 7 nitrogen and oxygen atoms in total. The molecule has 2 atom stereocenters. The Hall–Kier alpha value is -1.79. The van der Waals surface area contributed by atoms with Gasteiger partial charge in [-0.15, -0.1) is 0 Å². The molecular formula is C11H19N3O4. The van der Waals surface area contributed by atoms with E-state index in [1.165, 1.54) is 4.90 Å². The molecule has 1 aliphatic heterocycles. The predicted molar refractivity (Wildman–Crippen MR) is 63.7 cm³/mol. The summed E-state index contributed by atoms with van der Waals surface area (Å²) >= 11 is 0. The van der Waals surface area contributed by atoms with E-state index in [9.17, 15) is 14.4 Å². The number of hydrogen-bond donors (Lipinski definition) is 3. The number of primary amides is 1. The minimum absolute atomic E-state index is 0.0473. The van der Waals surface area contributed by atoms with Crippen LogP contribution >= 0.6 is 0 Å². The minimum atomic E-state index is -0.901. The van der Waals surface area contributed by atoms with Crippen LogP contribution in [0, 0.1) is 11.8 Å². The normalized spacial score (nSPS) is 18.7. The van der Waals surface area contributed by atoms with Crippen LogP contribution in [0.25, 0.3) is 0 Å². The molecule has 1 heterocycles. The Morgan fingerprint density at radius 3 is 2.39 bits per heavy atom. The van der Waals surface area contributed by atoms with Crippen molar-refractivity contribution >= 4 is 17.9 Å². The first-order valence-electron chi connectivity index (χ1n) is 5.94. The largest absolute Gasteiger partial charge is 0.481 e. The Kier molecular flexibility index (Phi) is 4.52. The zero-order chi connectivity index (χ0) is 13.9. The molecular weight excluding hydrogens is 238 g/mol. The van der Waals surface area contributed by atoms with Crippen molar-refractivity contribution in [1.29, 1.82) is 0 Å². The zero-order valence-corrected chi connectivity index (χ0v) is 10.5. The van der Waals surface area contributed by atoms with Crippen LogP contribution in [-0.2, 0) is 9.59 Å². The first-order chi connectivity index (χ1) is 8.36. The fourth-order valence-corrected chi connectivity index (χ4v) is 1.85. The summed E-state index contributed by atoms with van der Waals surface area (Å²) in [6.07, 6.45) is 0.715. The maximum atomic E-state index is 12.1. The highest BCUT2D eigenvalue weighted by molar-refractivity contribution is 5.88. The number of urea groups is 1. The molecule has 0 bridgehead atoms. The molecule has 0 spiro atoms. The van der Waals surface area contributed by atoms with Crippen molar-refractivity contribution in [2.75, 3.05) is 13.1 Å². The van der Waals surface area contributed by atoms with Gasteiger partial charge in [0, 0.05) is 13.1 Å². The fourth-order valence-electron chi connectivity index (χ4n) is 1.85. The topological polar surface area (TPSA) is 113 Å². The van der Waals surface area contributed by atoms with E-state index >= 15 is 0 Å². The second-order valence-electron chi connectivity index (χ2n) is 4.65. The number of amides is 3. The Balaban J connectivity index is 2.61. The van der Waals surface area contributed by atoms with Crippen molar-refractivity contribution in [1.82, 2.24) is 10.2 Å². The number of rotatable bonds is 5. The summed E-state index contributed by atoms with van der Waals surface area (Å²) in [5.74, 6) is -1.71. The van der Waals surface area contributed by atoms with Crippen LogP contribution in [-0.4, -0.2) is 47.0 Å². The number of nitrogens with two attached hydrogens (primary N) is 1. The van der Waals surface area contributed by atoms with E-state index in [0.29, 0.717) is 6.42 Å². The van der Waals surface area contributed by atoms with E-state index in [0.717, 1.165) is 0 Å². The summed E-state index contributed by atoms with van der Waals surface area (Å²) in [5, 5.41) is 11.2. The van der Waals surface area contributed by atoms with Crippen LogP contribution in [0.4, 0.5) is 4.79 Å². The van der Waals surface area contributed by atoms with E-state index in [4.69, 9.17) is 10.8 Å². The average Bonchev–Trinajstić information content (AvgIpc) is 2.21. The van der Waals surface area contributed by atoms with Gasteiger partial charge in [-0.2, -0.15) is 0 Å². The first kappa shape index (κ1) is 14.3. The Labute approximate surface area is 105 Å². The van der Waals surface area contributed by atoms with E-state index in [1.54, 1.807) is 0 Å². The molecule has 0 radical (unpaired) electrons. The number of carbonyl (C=O) groups excluding carboxylic acids is 2. The highest BCUT2D eigenvalue weighted by Crippen LogP contribution is 2.19. The Morgan fingerprint density at radius 1 is 1.44 bits per heavy atom. The van der Waals surface area contributed by atoms with Crippen LogP contribution < -0.4 is 11.1 Å². The highest BCUT2D eigenvalue weighted by atomic mass is 16.4. The molecule has 1 saturated heterocycles. The molecule has 7 heteroatoms. The number of nitrogens with zero attached hydrogens (tertiary/aromatic N) is 1. The van der Waals surface area contributed by atoms with Crippen molar-refractivity contribution in [2.24, 2.45) is 17.6 Å². The van der Waals surface area contributed by atoms with Gasteiger partial charge in [0.15, 0.2) is 0 Å². The summed E-state index contributed by atoms with van der Waals surface area (Å²) in [6.45, 7) is 4.14. The molecule has 1 rings (SSSR count). The van der Waals surface area contributed by atoms with Crippen molar-refractivity contribution in [3.05, 3.63) is 0 Å². The molecule has 0 aromatic rings. The molecule has 4 N–H and O–H groups in total. The fraction of sp³-hybridized carbons (Fsp3) is 0.727.